The minimum Gasteiger partial charge on any atom is -0.490 e. The average Bonchev–Trinajstić information content (AvgIpc) is 3.15. The van der Waals surface area contributed by atoms with Crippen LogP contribution in [0.1, 0.15) is 41.5 Å². The predicted molar refractivity (Wildman–Crippen MR) is 215 cm³/mol. The van der Waals surface area contributed by atoms with E-state index in [1.807, 2.05) is 27.7 Å². The van der Waals surface area contributed by atoms with Crippen LogP contribution < -0.4 is 29.6 Å². The van der Waals surface area contributed by atoms with Gasteiger partial charge in [0.2, 0.25) is 12.1 Å². The van der Waals surface area contributed by atoms with Gasteiger partial charge in [0.1, 0.15) is 5.69 Å². The van der Waals surface area contributed by atoms with Crippen LogP contribution >= 0.6 is 23.2 Å². The van der Waals surface area contributed by atoms with Gasteiger partial charge in [-0.1, -0.05) is 35.3 Å². The van der Waals surface area contributed by atoms with Crippen LogP contribution in [0.5, 0.6) is 23.0 Å². The molecule has 0 saturated carbocycles. The van der Waals surface area contributed by atoms with Crippen molar-refractivity contribution < 1.29 is 38.1 Å². The normalized spacial score (nSPS) is 12.2. The number of amides is 2. The molecule has 0 radical (unpaired) electrons. The number of hydrogen-bond donors (Lipinski definition) is 2. The van der Waals surface area contributed by atoms with Gasteiger partial charge in [0.15, 0.2) is 34.6 Å². The summed E-state index contributed by atoms with van der Waals surface area (Å²) in [5, 5.41) is 22.0. The fraction of sp³-hybridized carbons (Fsp3) is 0.300. The summed E-state index contributed by atoms with van der Waals surface area (Å²) in [6.45, 7) is 11.5. The Morgan fingerprint density at radius 3 is 1.46 bits per heavy atom. The summed E-state index contributed by atoms with van der Waals surface area (Å²) in [6.07, 6.45) is 0. The molecule has 0 aliphatic carbocycles. The van der Waals surface area contributed by atoms with Crippen molar-refractivity contribution in [2.24, 2.45) is 20.5 Å². The number of ether oxygens (including phenoxy) is 4. The van der Waals surface area contributed by atoms with Crippen LogP contribution in [0.2, 0.25) is 10.0 Å². The van der Waals surface area contributed by atoms with E-state index in [0.717, 1.165) is 0 Å². The highest BCUT2D eigenvalue weighted by Gasteiger charge is 2.25. The molecule has 2 amide bonds. The maximum absolute atomic E-state index is 13.1. The first-order chi connectivity index (χ1) is 26.9. The lowest BCUT2D eigenvalue weighted by Crippen LogP contribution is -2.31. The number of nitrogens with zero attached hydrogens (tertiary/aromatic N) is 4. The lowest BCUT2D eigenvalue weighted by atomic mass is 10.0. The molecule has 294 valence electrons. The van der Waals surface area contributed by atoms with Crippen molar-refractivity contribution in [1.82, 2.24) is 0 Å². The maximum atomic E-state index is 13.1. The molecule has 0 fully saturated rings. The second-order valence-corrected chi connectivity index (χ2v) is 12.6. The van der Waals surface area contributed by atoms with E-state index in [1.54, 1.807) is 66.7 Å². The van der Waals surface area contributed by atoms with Crippen LogP contribution in [0, 0.1) is 0 Å². The quantitative estimate of drug-likeness (QED) is 0.0695. The summed E-state index contributed by atoms with van der Waals surface area (Å²) in [4.78, 5) is 50.9. The van der Waals surface area contributed by atoms with Crippen LogP contribution in [-0.2, 0) is 19.2 Å². The number of benzene rings is 4. The topological polar surface area (TPSA) is 179 Å². The number of halogens is 2. The Labute approximate surface area is 334 Å². The number of nitrogens with one attached hydrogen (secondary N) is 2. The molecule has 0 saturated heterocycles. The average molecular weight is 806 g/mol. The fourth-order valence-electron chi connectivity index (χ4n) is 5.10. The van der Waals surface area contributed by atoms with Gasteiger partial charge >= 0.3 is 0 Å². The van der Waals surface area contributed by atoms with E-state index in [9.17, 15) is 19.2 Å². The van der Waals surface area contributed by atoms with Crippen LogP contribution in [-0.4, -0.2) is 61.9 Å². The highest BCUT2D eigenvalue weighted by Crippen LogP contribution is 2.38. The van der Waals surface area contributed by atoms with Crippen molar-refractivity contribution in [2.75, 3.05) is 37.1 Å². The number of hydrogen-bond acceptors (Lipinski definition) is 12. The summed E-state index contributed by atoms with van der Waals surface area (Å²) in [7, 11) is 0. The first-order valence-corrected chi connectivity index (χ1v) is 18.5. The number of carbonyl (C=O) groups is 4. The Balaban J connectivity index is 1.46. The molecule has 0 bridgehead atoms. The lowest BCUT2D eigenvalue weighted by molar-refractivity contribution is -0.127. The van der Waals surface area contributed by atoms with Crippen LogP contribution in [0.4, 0.5) is 22.7 Å². The summed E-state index contributed by atoms with van der Waals surface area (Å²) in [6, 6.07) is 16.6. The molecule has 2 atom stereocenters. The van der Waals surface area contributed by atoms with Gasteiger partial charge in [0, 0.05) is 29.1 Å². The molecule has 16 heteroatoms. The number of azo groups is 2. The summed E-state index contributed by atoms with van der Waals surface area (Å²) < 4.78 is 22.4. The molecule has 4 rings (SSSR count). The molecule has 2 unspecified atom stereocenters. The van der Waals surface area contributed by atoms with Gasteiger partial charge in [0.05, 0.1) is 42.2 Å². The number of carbonyl (C=O) groups excluding carboxylic acids is 4. The highest BCUT2D eigenvalue weighted by molar-refractivity contribution is 6.37. The molecule has 0 aromatic heterocycles. The molecule has 56 heavy (non-hydrogen) atoms. The highest BCUT2D eigenvalue weighted by atomic mass is 35.5. The van der Waals surface area contributed by atoms with Crippen molar-refractivity contribution in [1.29, 1.82) is 0 Å². The van der Waals surface area contributed by atoms with Crippen LogP contribution in [0.15, 0.2) is 93.3 Å². The van der Waals surface area contributed by atoms with Crippen LogP contribution in [0.3, 0.4) is 0 Å². The Kier molecular flexibility index (Phi) is 15.9. The standard InChI is InChI=1S/C40H42Cl2N6O8/c1-7-53-33-17-15-27(19-35(33)55-9-3)43-39(51)37(23(5)49)47-45-26-13-11-25(12-14-26)29-21-31(42)32(22-30(29)41)46-48-38(24(6)50)40(52)44-28-16-18-34(54-8-2)36(20-28)56-10-4/h11-22,37-38H,7-10H2,1-6H3,(H,43,51)(H,44,52). The summed E-state index contributed by atoms with van der Waals surface area (Å²) in [5.74, 6) is -0.479. The summed E-state index contributed by atoms with van der Waals surface area (Å²) in [5.41, 5.74) is 2.48. The SMILES string of the molecule is CCOc1ccc(NC(=O)C(N=Nc2ccc(-c3cc(Cl)c(N=NC(C(C)=O)C(=O)Nc4ccc(OCC)c(OCC)c4)cc3Cl)cc2)C(C)=O)cc1OCC. The van der Waals surface area contributed by atoms with E-state index in [-0.39, 0.29) is 15.7 Å². The van der Waals surface area contributed by atoms with Gasteiger partial charge in [0.25, 0.3) is 11.8 Å². The van der Waals surface area contributed by atoms with Gasteiger partial charge in [-0.3, -0.25) is 19.2 Å². The molecule has 2 N–H and O–H groups in total. The lowest BCUT2D eigenvalue weighted by Gasteiger charge is -2.14. The number of anilines is 2. The van der Waals surface area contributed by atoms with Crippen molar-refractivity contribution in [2.45, 2.75) is 53.6 Å². The Morgan fingerprint density at radius 1 is 0.571 bits per heavy atom. The number of ketones is 2. The Morgan fingerprint density at radius 2 is 1.02 bits per heavy atom. The first-order valence-electron chi connectivity index (χ1n) is 17.7. The second-order valence-electron chi connectivity index (χ2n) is 11.8. The van der Waals surface area contributed by atoms with E-state index in [0.29, 0.717) is 77.6 Å². The van der Waals surface area contributed by atoms with Crippen molar-refractivity contribution in [3.63, 3.8) is 0 Å². The molecule has 4 aromatic carbocycles. The molecular formula is C40H42Cl2N6O8. The summed E-state index contributed by atoms with van der Waals surface area (Å²) >= 11 is 13.2. The van der Waals surface area contributed by atoms with Crippen molar-refractivity contribution in [3.8, 4) is 34.1 Å². The van der Waals surface area contributed by atoms with E-state index in [1.165, 1.54) is 19.9 Å². The molecule has 14 nitrogen and oxygen atoms in total. The second kappa shape index (κ2) is 20.7. The third-order valence-corrected chi connectivity index (χ3v) is 8.29. The molecule has 0 aliphatic rings. The Hall–Kier alpha value is -5.86. The third kappa shape index (κ3) is 11.6. The molecule has 4 aromatic rings. The van der Waals surface area contributed by atoms with Crippen molar-refractivity contribution >= 4 is 69.3 Å². The zero-order chi connectivity index (χ0) is 40.8. The predicted octanol–water partition coefficient (Wildman–Crippen LogP) is 9.62. The first kappa shape index (κ1) is 42.9. The van der Waals surface area contributed by atoms with Gasteiger partial charge in [-0.05, 0) is 95.6 Å². The molecule has 0 spiro atoms. The monoisotopic (exact) mass is 804 g/mol. The van der Waals surface area contributed by atoms with Crippen molar-refractivity contribution in [3.05, 3.63) is 82.8 Å². The molecule has 0 heterocycles. The van der Waals surface area contributed by atoms with E-state index < -0.39 is 35.5 Å². The smallest absolute Gasteiger partial charge is 0.258 e. The van der Waals surface area contributed by atoms with Gasteiger partial charge in [-0.25, -0.2) is 0 Å². The Bertz CT molecular complexity index is 2110. The largest absolute Gasteiger partial charge is 0.490 e. The molecule has 0 aliphatic heterocycles. The van der Waals surface area contributed by atoms with E-state index in [2.05, 4.69) is 31.1 Å². The molecular weight excluding hydrogens is 763 g/mol. The zero-order valence-electron chi connectivity index (χ0n) is 31.7. The minimum atomic E-state index is -1.47. The van der Waals surface area contributed by atoms with Gasteiger partial charge in [-0.15, -0.1) is 0 Å². The maximum Gasteiger partial charge on any atom is 0.258 e. The van der Waals surface area contributed by atoms with E-state index >= 15 is 0 Å². The zero-order valence-corrected chi connectivity index (χ0v) is 33.2. The number of Topliss-reactive ketones (excluding diaryl/α,β-unsaturated/α-hetero) is 2. The fourth-order valence-corrected chi connectivity index (χ4v) is 5.57. The minimum absolute atomic E-state index is 0.137. The van der Waals surface area contributed by atoms with Gasteiger partial charge < -0.3 is 29.6 Å². The third-order valence-electron chi connectivity index (χ3n) is 7.67. The number of rotatable bonds is 19. The van der Waals surface area contributed by atoms with Crippen LogP contribution in [0.25, 0.3) is 11.1 Å². The van der Waals surface area contributed by atoms with Gasteiger partial charge in [-0.2, -0.15) is 20.5 Å². The van der Waals surface area contributed by atoms with E-state index in [4.69, 9.17) is 42.1 Å².